The maximum atomic E-state index is 13.6. The maximum absolute atomic E-state index is 13.6. The van der Waals surface area contributed by atoms with E-state index in [0.717, 1.165) is 77.4 Å². The molecular formula is C34H43N7O4S. The van der Waals surface area contributed by atoms with E-state index >= 15 is 0 Å². The van der Waals surface area contributed by atoms with Crippen molar-refractivity contribution in [2.45, 2.75) is 39.0 Å². The Kier molecular flexibility index (Phi) is 9.19. The first-order valence-electron chi connectivity index (χ1n) is 15.7. The van der Waals surface area contributed by atoms with Gasteiger partial charge in [0.2, 0.25) is 5.78 Å². The van der Waals surface area contributed by atoms with Gasteiger partial charge in [0.1, 0.15) is 30.3 Å². The first-order valence-corrected chi connectivity index (χ1v) is 18.7. The quantitative estimate of drug-likeness (QED) is 0.187. The van der Waals surface area contributed by atoms with E-state index in [9.17, 15) is 9.59 Å². The van der Waals surface area contributed by atoms with Gasteiger partial charge in [-0.05, 0) is 86.4 Å². The number of benzene rings is 2. The highest BCUT2D eigenvalue weighted by atomic mass is 32.3. The number of methoxy groups -OCH3 is 1. The maximum Gasteiger partial charge on any atom is 0.322 e. The van der Waals surface area contributed by atoms with Gasteiger partial charge in [-0.1, -0.05) is 0 Å². The molecule has 0 spiro atoms. The number of aryl methyl sites for hydroxylation is 1. The zero-order valence-corrected chi connectivity index (χ0v) is 28.1. The van der Waals surface area contributed by atoms with Crippen LogP contribution >= 0.6 is 10.0 Å². The third-order valence-electron chi connectivity index (χ3n) is 8.79. The van der Waals surface area contributed by atoms with E-state index in [0.29, 0.717) is 31.1 Å². The third-order valence-corrected chi connectivity index (χ3v) is 10.2. The zero-order valence-electron chi connectivity index (χ0n) is 27.3. The Morgan fingerprint density at radius 1 is 1.07 bits per heavy atom. The molecule has 2 aliphatic heterocycles. The van der Waals surface area contributed by atoms with Crippen molar-refractivity contribution in [2.24, 2.45) is 0 Å². The average molecular weight is 646 g/mol. The molecule has 4 aromatic rings. The van der Waals surface area contributed by atoms with Gasteiger partial charge >= 0.3 is 6.03 Å². The molecule has 244 valence electrons. The number of nitrogens with zero attached hydrogens (tertiary/aromatic N) is 6. The second kappa shape index (κ2) is 13.3. The summed E-state index contributed by atoms with van der Waals surface area (Å²) in [5.41, 5.74) is 4.76. The van der Waals surface area contributed by atoms with Gasteiger partial charge in [-0.3, -0.25) is 4.79 Å². The summed E-state index contributed by atoms with van der Waals surface area (Å²) in [4.78, 5) is 39.7. The molecule has 12 heteroatoms. The third kappa shape index (κ3) is 6.97. The lowest BCUT2D eigenvalue weighted by atomic mass is 10.0. The molecule has 0 aliphatic carbocycles. The summed E-state index contributed by atoms with van der Waals surface area (Å²) in [7, 11) is 1.04. The number of hydrogen-bond donors (Lipinski definition) is 1. The number of carbonyl (C=O) groups is 2. The molecule has 0 unspecified atom stereocenters. The zero-order chi connectivity index (χ0) is 32.4. The highest BCUT2D eigenvalue weighted by Gasteiger charge is 2.31. The number of ketones is 1. The van der Waals surface area contributed by atoms with Crippen LogP contribution < -0.4 is 15.0 Å². The average Bonchev–Trinajstić information content (AvgIpc) is 3.38. The molecule has 0 saturated carbocycles. The number of carbonyl (C=O) groups excluding carboxylic acids is 2. The van der Waals surface area contributed by atoms with E-state index in [2.05, 4.69) is 44.1 Å². The number of amides is 2. The Hall–Kier alpha value is -4.16. The van der Waals surface area contributed by atoms with Crippen molar-refractivity contribution in [2.75, 3.05) is 68.1 Å². The van der Waals surface area contributed by atoms with E-state index in [1.165, 1.54) is 6.33 Å². The fourth-order valence-corrected chi connectivity index (χ4v) is 6.86. The smallest absolute Gasteiger partial charge is 0.322 e. The van der Waals surface area contributed by atoms with Crippen LogP contribution in [-0.4, -0.2) is 100 Å². The molecule has 11 nitrogen and oxygen atoms in total. The summed E-state index contributed by atoms with van der Waals surface area (Å²) in [5.74, 6) is 2.40. The normalized spacial score (nSPS) is 16.2. The molecule has 1 N–H and O–H groups in total. The predicted octanol–water partition coefficient (Wildman–Crippen LogP) is 5.10. The Morgan fingerprint density at radius 2 is 1.87 bits per heavy atom. The van der Waals surface area contributed by atoms with Gasteiger partial charge < -0.3 is 24.6 Å². The standard InChI is InChI=1S/C34H43N7O4S/c1-23-16-25(17-26-20-37-41(32(23)26)22-45-14-15-46(3,4)5)33(42)30-19-31(36-21-35-30)39-11-9-27(10-12-39)40-13-8-24-18-28(44-2)6-7-29(24)38-34(40)43/h6-7,16-21,27H,8-15,22H2,1-5H3,(H,38,43). The van der Waals surface area contributed by atoms with E-state index in [1.54, 1.807) is 19.4 Å². The highest BCUT2D eigenvalue weighted by Crippen LogP contribution is 2.34. The Labute approximate surface area is 271 Å². The summed E-state index contributed by atoms with van der Waals surface area (Å²) >= 11 is 0. The number of fused-ring (bicyclic) bond motifs is 2. The van der Waals surface area contributed by atoms with Gasteiger partial charge in [-0.15, -0.1) is 0 Å². The van der Waals surface area contributed by atoms with Crippen molar-refractivity contribution in [3.63, 3.8) is 0 Å². The van der Waals surface area contributed by atoms with Crippen LogP contribution in [0.2, 0.25) is 0 Å². The molecule has 4 heterocycles. The highest BCUT2D eigenvalue weighted by molar-refractivity contribution is 8.32. The number of aromatic nitrogens is 4. The molecule has 46 heavy (non-hydrogen) atoms. The minimum Gasteiger partial charge on any atom is -0.497 e. The van der Waals surface area contributed by atoms with Crippen molar-refractivity contribution in [1.29, 1.82) is 0 Å². The summed E-state index contributed by atoms with van der Waals surface area (Å²) in [5, 5.41) is 8.50. The lowest BCUT2D eigenvalue weighted by molar-refractivity contribution is 0.0840. The van der Waals surface area contributed by atoms with Gasteiger partial charge in [-0.2, -0.15) is 5.10 Å². The minimum atomic E-state index is -0.614. The molecule has 2 aliphatic rings. The van der Waals surface area contributed by atoms with Crippen LogP contribution in [0, 0.1) is 6.92 Å². The van der Waals surface area contributed by atoms with Crippen molar-refractivity contribution in [1.82, 2.24) is 24.6 Å². The number of ether oxygens (including phenoxy) is 2. The Morgan fingerprint density at radius 3 is 2.63 bits per heavy atom. The van der Waals surface area contributed by atoms with Crippen molar-refractivity contribution >= 4 is 44.3 Å². The number of anilines is 2. The molecular weight excluding hydrogens is 602 g/mol. The van der Waals surface area contributed by atoms with Crippen molar-refractivity contribution in [3.8, 4) is 5.75 Å². The topological polar surface area (TPSA) is 115 Å². The number of hydrogen-bond acceptors (Lipinski definition) is 8. The van der Waals surface area contributed by atoms with Crippen LogP contribution in [0.3, 0.4) is 0 Å². The molecule has 1 saturated heterocycles. The van der Waals surface area contributed by atoms with E-state index in [-0.39, 0.29) is 17.9 Å². The fraction of sp³-hybridized carbons (Fsp3) is 0.441. The second-order valence-electron chi connectivity index (χ2n) is 12.9. The van der Waals surface area contributed by atoms with Gasteiger partial charge in [0.15, 0.2) is 0 Å². The molecule has 2 aromatic carbocycles. The van der Waals surface area contributed by atoms with Crippen molar-refractivity contribution < 1.29 is 19.1 Å². The van der Waals surface area contributed by atoms with E-state index < -0.39 is 10.0 Å². The monoisotopic (exact) mass is 645 g/mol. The number of piperidine rings is 1. The van der Waals surface area contributed by atoms with Crippen LogP contribution in [-0.2, 0) is 17.9 Å². The predicted molar refractivity (Wildman–Crippen MR) is 184 cm³/mol. The van der Waals surface area contributed by atoms with E-state index in [4.69, 9.17) is 9.47 Å². The Bertz CT molecular complexity index is 1740. The molecule has 2 amide bonds. The van der Waals surface area contributed by atoms with Gasteiger partial charge in [0.05, 0.1) is 25.4 Å². The lowest BCUT2D eigenvalue weighted by Crippen LogP contribution is -2.49. The summed E-state index contributed by atoms with van der Waals surface area (Å²) in [6.07, 6.45) is 12.5. The Balaban J connectivity index is 1.09. The number of nitrogens with one attached hydrogen (secondary N) is 1. The summed E-state index contributed by atoms with van der Waals surface area (Å²) in [6.45, 7) is 5.17. The largest absolute Gasteiger partial charge is 0.497 e. The van der Waals surface area contributed by atoms with Crippen LogP contribution in [0.15, 0.2) is 48.9 Å². The first kappa shape index (κ1) is 31.8. The van der Waals surface area contributed by atoms with Crippen LogP contribution in [0.4, 0.5) is 16.3 Å². The van der Waals surface area contributed by atoms with Gasteiger partial charge in [-0.25, -0.2) is 29.5 Å². The molecule has 0 atom stereocenters. The van der Waals surface area contributed by atoms with E-state index in [1.807, 2.05) is 46.8 Å². The van der Waals surface area contributed by atoms with Gasteiger partial charge in [0, 0.05) is 54.1 Å². The van der Waals surface area contributed by atoms with Crippen LogP contribution in [0.25, 0.3) is 10.9 Å². The van der Waals surface area contributed by atoms with Crippen LogP contribution in [0.5, 0.6) is 5.75 Å². The first-order chi connectivity index (χ1) is 22.1. The molecule has 2 aromatic heterocycles. The molecule has 0 bridgehead atoms. The molecule has 1 fully saturated rings. The van der Waals surface area contributed by atoms with Gasteiger partial charge in [0.25, 0.3) is 0 Å². The SMILES string of the molecule is COc1ccc2c(c1)CCN(C1CCN(c3cc(C(=O)c4cc(C)c5c(cnn5COCCS(C)(C)C)c4)ncn3)CC1)C(=O)N2. The number of rotatable bonds is 10. The fourth-order valence-electron chi connectivity index (χ4n) is 6.24. The molecule has 0 radical (unpaired) electrons. The molecule has 6 rings (SSSR count). The summed E-state index contributed by atoms with van der Waals surface area (Å²) < 4.78 is 13.1. The lowest BCUT2D eigenvalue weighted by Gasteiger charge is -2.38. The number of urea groups is 1. The second-order valence-corrected chi connectivity index (χ2v) is 17.5. The van der Waals surface area contributed by atoms with Crippen molar-refractivity contribution in [3.05, 3.63) is 71.3 Å². The summed E-state index contributed by atoms with van der Waals surface area (Å²) in [6, 6.07) is 11.4. The van der Waals surface area contributed by atoms with Crippen LogP contribution in [0.1, 0.15) is 40.0 Å². The minimum absolute atomic E-state index is 0.0657.